The van der Waals surface area contributed by atoms with E-state index in [1.165, 1.54) is 6.33 Å². The molecule has 1 aromatic heterocycles. The molecule has 14 heavy (non-hydrogen) atoms. The zero-order valence-electron chi connectivity index (χ0n) is 8.35. The summed E-state index contributed by atoms with van der Waals surface area (Å²) in [6, 6.07) is 1.71. The lowest BCUT2D eigenvalue weighted by molar-refractivity contribution is 0.301. The van der Waals surface area contributed by atoms with E-state index in [-0.39, 0.29) is 6.61 Å². The Labute approximate surface area is 83.6 Å². The van der Waals surface area contributed by atoms with Gasteiger partial charge in [-0.1, -0.05) is 6.92 Å². The number of anilines is 2. The normalized spacial score (nSPS) is 10.1. The average molecular weight is 196 g/mol. The van der Waals surface area contributed by atoms with Gasteiger partial charge in [-0.3, -0.25) is 0 Å². The summed E-state index contributed by atoms with van der Waals surface area (Å²) >= 11 is 0. The van der Waals surface area contributed by atoms with Crippen LogP contribution < -0.4 is 10.6 Å². The molecule has 3 N–H and O–H groups in total. The Morgan fingerprint density at radius 2 is 2.21 bits per heavy atom. The van der Waals surface area contributed by atoms with Crippen LogP contribution in [0.15, 0.2) is 12.4 Å². The molecular formula is C9H16N4O. The zero-order valence-corrected chi connectivity index (χ0v) is 8.35. The molecule has 1 aromatic rings. The first kappa shape index (κ1) is 10.7. The smallest absolute Gasteiger partial charge is 0.134 e. The van der Waals surface area contributed by atoms with Crippen LogP contribution in [0.1, 0.15) is 13.3 Å². The minimum absolute atomic E-state index is 0.115. The van der Waals surface area contributed by atoms with Crippen LogP contribution >= 0.6 is 0 Å². The summed E-state index contributed by atoms with van der Waals surface area (Å²) in [5, 5.41) is 8.88. The lowest BCUT2D eigenvalue weighted by Crippen LogP contribution is -2.28. The molecule has 1 rings (SSSR count). The number of nitrogens with two attached hydrogens (primary N) is 1. The molecule has 0 bridgehead atoms. The number of aliphatic hydroxyl groups excluding tert-OH is 1. The van der Waals surface area contributed by atoms with E-state index in [0.29, 0.717) is 12.4 Å². The molecular weight excluding hydrogens is 180 g/mol. The number of hydrogen-bond donors (Lipinski definition) is 2. The second-order valence-corrected chi connectivity index (χ2v) is 3.01. The standard InChI is InChI=1S/C9H16N4O/c1-2-3-13(4-5-14)9-6-8(10)11-7-12-9/h6-7,14H,2-5H2,1H3,(H2,10,11,12). The van der Waals surface area contributed by atoms with Gasteiger partial charge in [-0.25, -0.2) is 9.97 Å². The van der Waals surface area contributed by atoms with Gasteiger partial charge in [0.2, 0.25) is 0 Å². The number of rotatable bonds is 5. The SMILES string of the molecule is CCCN(CCO)c1cc(N)ncn1. The Morgan fingerprint density at radius 3 is 2.79 bits per heavy atom. The van der Waals surface area contributed by atoms with Crippen molar-refractivity contribution in [2.75, 3.05) is 30.3 Å². The van der Waals surface area contributed by atoms with Crippen molar-refractivity contribution < 1.29 is 5.11 Å². The van der Waals surface area contributed by atoms with Crippen molar-refractivity contribution in [2.24, 2.45) is 0 Å². The lowest BCUT2D eigenvalue weighted by atomic mass is 10.4. The molecule has 0 saturated heterocycles. The van der Waals surface area contributed by atoms with E-state index in [9.17, 15) is 0 Å². The molecule has 0 radical (unpaired) electrons. The third-order valence-electron chi connectivity index (χ3n) is 1.86. The highest BCUT2D eigenvalue weighted by Crippen LogP contribution is 2.11. The third kappa shape index (κ3) is 2.85. The van der Waals surface area contributed by atoms with Crippen molar-refractivity contribution in [2.45, 2.75) is 13.3 Å². The fourth-order valence-corrected chi connectivity index (χ4v) is 1.27. The van der Waals surface area contributed by atoms with Crippen LogP contribution in [0.4, 0.5) is 11.6 Å². The fraction of sp³-hybridized carbons (Fsp3) is 0.556. The summed E-state index contributed by atoms with van der Waals surface area (Å²) in [7, 11) is 0. The summed E-state index contributed by atoms with van der Waals surface area (Å²) in [4.78, 5) is 9.90. The number of nitrogens with zero attached hydrogens (tertiary/aromatic N) is 3. The minimum Gasteiger partial charge on any atom is -0.395 e. The van der Waals surface area contributed by atoms with Gasteiger partial charge in [0.05, 0.1) is 6.61 Å². The quantitative estimate of drug-likeness (QED) is 0.707. The Bertz CT molecular complexity index is 273. The van der Waals surface area contributed by atoms with E-state index in [1.54, 1.807) is 6.07 Å². The van der Waals surface area contributed by atoms with Gasteiger partial charge in [0.25, 0.3) is 0 Å². The number of aromatic nitrogens is 2. The van der Waals surface area contributed by atoms with E-state index in [0.717, 1.165) is 18.8 Å². The van der Waals surface area contributed by atoms with Gasteiger partial charge in [0.1, 0.15) is 18.0 Å². The molecule has 78 valence electrons. The molecule has 1 heterocycles. The van der Waals surface area contributed by atoms with Crippen LogP contribution in [-0.2, 0) is 0 Å². The highest BCUT2D eigenvalue weighted by atomic mass is 16.3. The third-order valence-corrected chi connectivity index (χ3v) is 1.86. The zero-order chi connectivity index (χ0) is 10.4. The number of nitrogen functional groups attached to an aromatic ring is 1. The van der Waals surface area contributed by atoms with E-state index in [2.05, 4.69) is 16.9 Å². The maximum atomic E-state index is 8.88. The van der Waals surface area contributed by atoms with Crippen molar-refractivity contribution >= 4 is 11.6 Å². The second-order valence-electron chi connectivity index (χ2n) is 3.01. The Balaban J connectivity index is 2.75. The van der Waals surface area contributed by atoms with Crippen LogP contribution in [0.5, 0.6) is 0 Å². The van der Waals surface area contributed by atoms with Gasteiger partial charge in [0.15, 0.2) is 0 Å². The van der Waals surface area contributed by atoms with Gasteiger partial charge in [-0.15, -0.1) is 0 Å². The Kier molecular flexibility index (Phi) is 4.12. The van der Waals surface area contributed by atoms with Crippen LogP contribution in [-0.4, -0.2) is 34.8 Å². The predicted molar refractivity (Wildman–Crippen MR) is 56.0 cm³/mol. The van der Waals surface area contributed by atoms with Crippen molar-refractivity contribution in [3.05, 3.63) is 12.4 Å². The van der Waals surface area contributed by atoms with Gasteiger partial charge in [-0.05, 0) is 6.42 Å². The first-order valence-electron chi connectivity index (χ1n) is 4.71. The molecule has 0 aliphatic rings. The summed E-state index contributed by atoms with van der Waals surface area (Å²) in [5.74, 6) is 1.22. The molecule has 0 saturated carbocycles. The second kappa shape index (κ2) is 5.39. The van der Waals surface area contributed by atoms with Crippen LogP contribution in [0.2, 0.25) is 0 Å². The summed E-state index contributed by atoms with van der Waals surface area (Å²) in [6.07, 6.45) is 2.44. The van der Waals surface area contributed by atoms with E-state index >= 15 is 0 Å². The summed E-state index contributed by atoms with van der Waals surface area (Å²) < 4.78 is 0. The number of hydrogen-bond acceptors (Lipinski definition) is 5. The van der Waals surface area contributed by atoms with Crippen LogP contribution in [0, 0.1) is 0 Å². The van der Waals surface area contributed by atoms with Crippen molar-refractivity contribution in [3.8, 4) is 0 Å². The Morgan fingerprint density at radius 1 is 1.43 bits per heavy atom. The van der Waals surface area contributed by atoms with Crippen molar-refractivity contribution in [1.29, 1.82) is 0 Å². The molecule has 5 heteroatoms. The topological polar surface area (TPSA) is 75.3 Å². The maximum Gasteiger partial charge on any atom is 0.134 e. The summed E-state index contributed by atoms with van der Waals surface area (Å²) in [6.45, 7) is 3.63. The molecule has 5 nitrogen and oxygen atoms in total. The monoisotopic (exact) mass is 196 g/mol. The van der Waals surface area contributed by atoms with Gasteiger partial charge < -0.3 is 15.7 Å². The molecule has 0 aromatic carbocycles. The van der Waals surface area contributed by atoms with Crippen LogP contribution in [0.25, 0.3) is 0 Å². The molecule has 0 atom stereocenters. The molecule has 0 aliphatic carbocycles. The largest absolute Gasteiger partial charge is 0.395 e. The van der Waals surface area contributed by atoms with E-state index in [1.807, 2.05) is 4.90 Å². The van der Waals surface area contributed by atoms with Gasteiger partial charge >= 0.3 is 0 Å². The minimum atomic E-state index is 0.115. The molecule has 0 amide bonds. The first-order chi connectivity index (χ1) is 6.77. The highest BCUT2D eigenvalue weighted by molar-refractivity contribution is 5.45. The highest BCUT2D eigenvalue weighted by Gasteiger charge is 2.06. The van der Waals surface area contributed by atoms with Gasteiger partial charge in [0, 0.05) is 19.2 Å². The lowest BCUT2D eigenvalue weighted by Gasteiger charge is -2.21. The van der Waals surface area contributed by atoms with E-state index < -0.39 is 0 Å². The molecule has 0 unspecified atom stereocenters. The van der Waals surface area contributed by atoms with E-state index in [4.69, 9.17) is 10.8 Å². The molecule has 0 aliphatic heterocycles. The van der Waals surface area contributed by atoms with Crippen molar-refractivity contribution in [1.82, 2.24) is 9.97 Å². The molecule has 0 fully saturated rings. The van der Waals surface area contributed by atoms with Crippen molar-refractivity contribution in [3.63, 3.8) is 0 Å². The van der Waals surface area contributed by atoms with Crippen LogP contribution in [0.3, 0.4) is 0 Å². The Hall–Kier alpha value is -1.36. The molecule has 0 spiro atoms. The number of aliphatic hydroxyl groups is 1. The first-order valence-corrected chi connectivity index (χ1v) is 4.71. The average Bonchev–Trinajstić information content (AvgIpc) is 2.17. The maximum absolute atomic E-state index is 8.88. The predicted octanol–water partition coefficient (Wildman–Crippen LogP) is 0.267. The van der Waals surface area contributed by atoms with Gasteiger partial charge in [-0.2, -0.15) is 0 Å². The fourth-order valence-electron chi connectivity index (χ4n) is 1.27. The summed E-state index contributed by atoms with van der Waals surface area (Å²) in [5.41, 5.74) is 5.55.